The Hall–Kier alpha value is -0.940. The van der Waals surface area contributed by atoms with Crippen molar-refractivity contribution in [3.63, 3.8) is 0 Å². The number of aliphatic hydroxyl groups is 2. The zero-order valence-corrected chi connectivity index (χ0v) is 15.7. The Labute approximate surface area is 150 Å². The SMILES string of the molecule is CC1(C)O[C@H]2C3=C4[C@@H](CCCC[C@@]42O1)[C@H](C(C)(C)O)/C=C\C=C/3CO. The first-order chi connectivity index (χ1) is 11.7. The first-order valence-corrected chi connectivity index (χ1v) is 9.53. The van der Waals surface area contributed by atoms with E-state index in [1.807, 2.05) is 39.8 Å². The van der Waals surface area contributed by atoms with Gasteiger partial charge in [-0.05, 0) is 63.2 Å². The summed E-state index contributed by atoms with van der Waals surface area (Å²) in [6.07, 6.45) is 10.2. The molecule has 4 heteroatoms. The average Bonchev–Trinajstić information content (AvgIpc) is 2.60. The largest absolute Gasteiger partial charge is 0.392 e. The van der Waals surface area contributed by atoms with E-state index in [9.17, 15) is 10.2 Å². The molecule has 2 fully saturated rings. The predicted molar refractivity (Wildman–Crippen MR) is 95.8 cm³/mol. The van der Waals surface area contributed by atoms with E-state index in [1.54, 1.807) is 0 Å². The summed E-state index contributed by atoms with van der Waals surface area (Å²) in [7, 11) is 0. The van der Waals surface area contributed by atoms with Crippen LogP contribution in [0.1, 0.15) is 53.4 Å². The topological polar surface area (TPSA) is 58.9 Å². The highest BCUT2D eigenvalue weighted by molar-refractivity contribution is 5.58. The van der Waals surface area contributed by atoms with Crippen molar-refractivity contribution in [1.29, 1.82) is 0 Å². The normalized spacial score (nSPS) is 43.0. The molecule has 0 radical (unpaired) electrons. The standard InChI is InChI=1S/C21H30O4/c1-19(2,23)15-10-7-8-13(12-22)16-17-14(15)9-5-6-11-21(17)18(16)24-20(3,4)25-21/h7-8,10,14-15,18,22-23H,5-6,9,11-12H2,1-4H3/b10-7-,13-8-/t14-,15+,18-,21+/m0/s1. The van der Waals surface area contributed by atoms with Gasteiger partial charge in [0.05, 0.1) is 12.2 Å². The molecule has 0 aromatic heterocycles. The molecule has 1 heterocycles. The van der Waals surface area contributed by atoms with Gasteiger partial charge in [-0.1, -0.05) is 31.1 Å². The van der Waals surface area contributed by atoms with Gasteiger partial charge in [-0.2, -0.15) is 0 Å². The van der Waals surface area contributed by atoms with Crippen molar-refractivity contribution >= 4 is 0 Å². The molecular weight excluding hydrogens is 316 g/mol. The lowest BCUT2D eigenvalue weighted by Gasteiger charge is -2.51. The van der Waals surface area contributed by atoms with Crippen molar-refractivity contribution in [2.45, 2.75) is 76.5 Å². The fourth-order valence-corrected chi connectivity index (χ4v) is 5.48. The smallest absolute Gasteiger partial charge is 0.165 e. The van der Waals surface area contributed by atoms with E-state index in [4.69, 9.17) is 9.47 Å². The van der Waals surface area contributed by atoms with Crippen LogP contribution in [-0.4, -0.2) is 39.9 Å². The highest BCUT2D eigenvalue weighted by atomic mass is 16.8. The van der Waals surface area contributed by atoms with Gasteiger partial charge in [0.1, 0.15) is 11.7 Å². The number of aliphatic hydroxyl groups excluding tert-OH is 1. The van der Waals surface area contributed by atoms with Gasteiger partial charge >= 0.3 is 0 Å². The van der Waals surface area contributed by atoms with E-state index in [0.29, 0.717) is 0 Å². The average molecular weight is 346 g/mol. The zero-order valence-electron chi connectivity index (χ0n) is 15.7. The lowest BCUT2D eigenvalue weighted by Crippen LogP contribution is -2.56. The summed E-state index contributed by atoms with van der Waals surface area (Å²) in [6, 6.07) is 0. The molecule has 0 aromatic carbocycles. The third-order valence-electron chi connectivity index (χ3n) is 6.33. The van der Waals surface area contributed by atoms with E-state index >= 15 is 0 Å². The second-order valence-electron chi connectivity index (χ2n) is 8.98. The molecule has 4 nitrogen and oxygen atoms in total. The molecular formula is C21H30O4. The number of ether oxygens (including phenoxy) is 2. The van der Waals surface area contributed by atoms with E-state index in [1.165, 1.54) is 5.57 Å². The molecule has 4 rings (SSSR count). The van der Waals surface area contributed by atoms with Crippen LogP contribution in [0, 0.1) is 11.8 Å². The van der Waals surface area contributed by atoms with Crippen molar-refractivity contribution in [3.8, 4) is 0 Å². The molecule has 25 heavy (non-hydrogen) atoms. The van der Waals surface area contributed by atoms with Crippen molar-refractivity contribution in [3.05, 3.63) is 34.9 Å². The van der Waals surface area contributed by atoms with E-state index in [2.05, 4.69) is 6.08 Å². The Kier molecular flexibility index (Phi) is 3.86. The molecule has 0 aromatic rings. The number of rotatable bonds is 2. The Morgan fingerprint density at radius 2 is 2.04 bits per heavy atom. The summed E-state index contributed by atoms with van der Waals surface area (Å²) in [5.41, 5.74) is 2.13. The third kappa shape index (κ3) is 2.49. The highest BCUT2D eigenvalue weighted by Crippen LogP contribution is 2.62. The Balaban J connectivity index is 1.90. The molecule has 138 valence electrons. The van der Waals surface area contributed by atoms with Crippen LogP contribution in [0.5, 0.6) is 0 Å². The molecule has 0 bridgehead atoms. The maximum absolute atomic E-state index is 10.8. The predicted octanol–water partition coefficient (Wildman–Crippen LogP) is 3.25. The van der Waals surface area contributed by atoms with Crippen molar-refractivity contribution < 1.29 is 19.7 Å². The summed E-state index contributed by atoms with van der Waals surface area (Å²) in [6.45, 7) is 7.74. The minimum atomic E-state index is -0.810. The molecule has 3 aliphatic carbocycles. The molecule has 1 aliphatic heterocycles. The van der Waals surface area contributed by atoms with Crippen LogP contribution in [0.4, 0.5) is 0 Å². The molecule has 1 saturated heterocycles. The van der Waals surface area contributed by atoms with Gasteiger partial charge in [-0.3, -0.25) is 0 Å². The fraction of sp³-hybridized carbons (Fsp3) is 0.714. The molecule has 1 saturated carbocycles. The molecule has 4 aliphatic rings. The van der Waals surface area contributed by atoms with E-state index in [-0.39, 0.29) is 30.1 Å². The van der Waals surface area contributed by atoms with Crippen molar-refractivity contribution in [2.24, 2.45) is 11.8 Å². The maximum Gasteiger partial charge on any atom is 0.165 e. The van der Waals surface area contributed by atoms with Gasteiger partial charge in [0.2, 0.25) is 0 Å². The van der Waals surface area contributed by atoms with Crippen LogP contribution in [0.15, 0.2) is 34.9 Å². The Bertz CT molecular complexity index is 664. The van der Waals surface area contributed by atoms with Crippen LogP contribution in [-0.2, 0) is 9.47 Å². The molecule has 0 unspecified atom stereocenters. The van der Waals surface area contributed by atoms with Crippen LogP contribution in [0.2, 0.25) is 0 Å². The first-order valence-electron chi connectivity index (χ1n) is 9.53. The number of allylic oxidation sites excluding steroid dienone is 2. The number of hydrogen-bond acceptors (Lipinski definition) is 4. The molecule has 4 atom stereocenters. The minimum absolute atomic E-state index is 0.000549. The van der Waals surface area contributed by atoms with Crippen LogP contribution < -0.4 is 0 Å². The summed E-state index contributed by atoms with van der Waals surface area (Å²) >= 11 is 0. The minimum Gasteiger partial charge on any atom is -0.392 e. The summed E-state index contributed by atoms with van der Waals surface area (Å²) in [5, 5.41) is 20.8. The molecule has 2 N–H and O–H groups in total. The lowest BCUT2D eigenvalue weighted by atomic mass is 9.58. The summed E-state index contributed by atoms with van der Waals surface area (Å²) in [5.74, 6) is -0.381. The zero-order chi connectivity index (χ0) is 18.0. The van der Waals surface area contributed by atoms with Gasteiger partial charge < -0.3 is 19.7 Å². The fourth-order valence-electron chi connectivity index (χ4n) is 5.48. The summed E-state index contributed by atoms with van der Waals surface area (Å²) in [4.78, 5) is 0. The first kappa shape index (κ1) is 17.5. The number of hydrogen-bond donors (Lipinski definition) is 2. The number of fused-ring (bicyclic) bond motifs is 1. The van der Waals surface area contributed by atoms with Crippen LogP contribution in [0.25, 0.3) is 0 Å². The Morgan fingerprint density at radius 3 is 2.72 bits per heavy atom. The van der Waals surface area contributed by atoms with Crippen molar-refractivity contribution in [2.75, 3.05) is 6.61 Å². The van der Waals surface area contributed by atoms with Gasteiger partial charge in [-0.15, -0.1) is 0 Å². The second-order valence-corrected chi connectivity index (χ2v) is 8.98. The maximum atomic E-state index is 10.8. The van der Waals surface area contributed by atoms with Gasteiger partial charge in [0, 0.05) is 5.92 Å². The van der Waals surface area contributed by atoms with E-state index in [0.717, 1.165) is 36.8 Å². The third-order valence-corrected chi connectivity index (χ3v) is 6.33. The Morgan fingerprint density at radius 1 is 1.28 bits per heavy atom. The second kappa shape index (κ2) is 5.53. The monoisotopic (exact) mass is 346 g/mol. The van der Waals surface area contributed by atoms with Crippen molar-refractivity contribution in [1.82, 2.24) is 0 Å². The highest BCUT2D eigenvalue weighted by Gasteiger charge is 2.66. The van der Waals surface area contributed by atoms with Gasteiger partial charge in [0.25, 0.3) is 0 Å². The molecule has 1 spiro atoms. The lowest BCUT2D eigenvalue weighted by molar-refractivity contribution is -0.155. The summed E-state index contributed by atoms with van der Waals surface area (Å²) < 4.78 is 12.8. The van der Waals surface area contributed by atoms with Gasteiger partial charge in [0.15, 0.2) is 5.79 Å². The molecule has 0 amide bonds. The van der Waals surface area contributed by atoms with E-state index < -0.39 is 11.4 Å². The van der Waals surface area contributed by atoms with Crippen LogP contribution >= 0.6 is 0 Å². The van der Waals surface area contributed by atoms with Gasteiger partial charge in [-0.25, -0.2) is 0 Å². The van der Waals surface area contributed by atoms with Crippen LogP contribution in [0.3, 0.4) is 0 Å². The quantitative estimate of drug-likeness (QED) is 0.806.